The number of methoxy groups -OCH3 is 1. The van der Waals surface area contributed by atoms with E-state index in [4.69, 9.17) is 9.47 Å². The number of aromatic nitrogens is 1. The molecule has 10 nitrogen and oxygen atoms in total. The van der Waals surface area contributed by atoms with Gasteiger partial charge >= 0.3 is 0 Å². The zero-order valence-corrected chi connectivity index (χ0v) is 25.1. The predicted molar refractivity (Wildman–Crippen MR) is 157 cm³/mol. The van der Waals surface area contributed by atoms with Crippen LogP contribution in [0.5, 0.6) is 5.75 Å². The number of rotatable bonds is 8. The molecule has 3 aliphatic rings. The molecule has 2 saturated heterocycles. The highest BCUT2D eigenvalue weighted by Crippen LogP contribution is 2.59. The van der Waals surface area contributed by atoms with E-state index in [0.29, 0.717) is 23.5 Å². The summed E-state index contributed by atoms with van der Waals surface area (Å²) in [5, 5.41) is 9.78. The average molecular weight is 582 g/mol. The fraction of sp³-hybridized carbons (Fsp3) is 0.500. The van der Waals surface area contributed by atoms with Gasteiger partial charge in [0.15, 0.2) is 19.7 Å². The molecule has 0 unspecified atom stereocenters. The molecule has 0 saturated carbocycles. The Labute approximate surface area is 240 Å². The van der Waals surface area contributed by atoms with Crippen LogP contribution in [0.15, 0.2) is 54.0 Å². The molecule has 1 aromatic carbocycles. The molecule has 11 heteroatoms. The normalized spacial score (nSPS) is 27.5. The third-order valence-electron chi connectivity index (χ3n) is 8.97. The van der Waals surface area contributed by atoms with Crippen LogP contribution >= 0.6 is 0 Å². The Bertz CT molecular complexity index is 1420. The monoisotopic (exact) mass is 581 g/mol. The van der Waals surface area contributed by atoms with E-state index in [1.807, 2.05) is 20.0 Å². The van der Waals surface area contributed by atoms with E-state index in [0.717, 1.165) is 12.8 Å². The number of nitrogens with zero attached hydrogens (tertiary/aromatic N) is 3. The zero-order valence-electron chi connectivity index (χ0n) is 24.1. The second kappa shape index (κ2) is 10.9. The van der Waals surface area contributed by atoms with Crippen molar-refractivity contribution in [1.29, 1.82) is 0 Å². The van der Waals surface area contributed by atoms with Crippen LogP contribution in [0.25, 0.3) is 5.69 Å². The first-order valence-corrected chi connectivity index (χ1v) is 17.2. The number of likely N-dealkylation sites (tertiary alicyclic amines) is 1. The lowest BCUT2D eigenvalue weighted by Crippen LogP contribution is -2.46. The number of amides is 2. The minimum absolute atomic E-state index is 0.00332. The van der Waals surface area contributed by atoms with E-state index in [1.165, 1.54) is 11.7 Å². The lowest BCUT2D eigenvalue weighted by molar-refractivity contribution is -0.149. The number of hydrogen-bond acceptors (Lipinski definition) is 7. The molecule has 5 atom stereocenters. The predicted octanol–water partition coefficient (Wildman–Crippen LogP) is 2.55. The van der Waals surface area contributed by atoms with Crippen LogP contribution in [-0.4, -0.2) is 78.5 Å². The van der Waals surface area contributed by atoms with Gasteiger partial charge in [-0.15, -0.1) is 6.58 Å². The van der Waals surface area contributed by atoms with Gasteiger partial charge in [0.1, 0.15) is 0 Å². The fourth-order valence-electron chi connectivity index (χ4n) is 7.20. The molecule has 220 valence electrons. The van der Waals surface area contributed by atoms with Crippen LogP contribution in [0.2, 0.25) is 18.6 Å². The zero-order chi connectivity index (χ0) is 29.7. The quantitative estimate of drug-likeness (QED) is 0.363. The Hall–Kier alpha value is -3.25. The van der Waals surface area contributed by atoms with Gasteiger partial charge in [0.05, 0.1) is 38.0 Å². The van der Waals surface area contributed by atoms with Gasteiger partial charge in [-0.05, 0) is 56.3 Å². The van der Waals surface area contributed by atoms with Crippen molar-refractivity contribution in [3.8, 4) is 11.4 Å². The molecule has 0 aliphatic carbocycles. The lowest BCUT2D eigenvalue weighted by Gasteiger charge is -2.32. The van der Waals surface area contributed by atoms with Gasteiger partial charge in [0, 0.05) is 42.0 Å². The topological polar surface area (TPSA) is 122 Å². The molecule has 2 N–H and O–H groups in total. The summed E-state index contributed by atoms with van der Waals surface area (Å²) in [6, 6.07) is 8.44. The third-order valence-corrected chi connectivity index (χ3v) is 11.5. The SMILES string of the molecule is C=CCN1C(=O)[C@@]2(O[C@@H](CC(=O)N3CCC[C@H]3CO)[C@H]([Si](C)(C)O)[C@H]2C)c2cc(-n3cccc(OC)c3=O)ccc21. The molecule has 2 amide bonds. The molecular formula is C30H39N3O7Si. The number of pyridine rings is 1. The fourth-order valence-corrected chi connectivity index (χ4v) is 9.76. The highest BCUT2D eigenvalue weighted by Gasteiger charge is 2.66. The molecule has 5 rings (SSSR count). The third kappa shape index (κ3) is 4.64. The van der Waals surface area contributed by atoms with Crippen molar-refractivity contribution < 1.29 is 29.0 Å². The Kier molecular flexibility index (Phi) is 7.75. The minimum Gasteiger partial charge on any atom is -0.491 e. The van der Waals surface area contributed by atoms with Gasteiger partial charge in [-0.1, -0.05) is 13.0 Å². The van der Waals surface area contributed by atoms with Crippen LogP contribution in [0.1, 0.15) is 31.7 Å². The maximum Gasteiger partial charge on any atom is 0.297 e. The summed E-state index contributed by atoms with van der Waals surface area (Å²) in [6.07, 6.45) is 4.15. The average Bonchev–Trinajstić information content (AvgIpc) is 3.59. The van der Waals surface area contributed by atoms with E-state index < -0.39 is 31.5 Å². The maximum absolute atomic E-state index is 14.3. The number of hydrogen-bond donors (Lipinski definition) is 2. The molecule has 0 bridgehead atoms. The number of carbonyl (C=O) groups excluding carboxylic acids is 2. The lowest BCUT2D eigenvalue weighted by atomic mass is 9.82. The number of aliphatic hydroxyl groups is 1. The second-order valence-electron chi connectivity index (χ2n) is 11.8. The van der Waals surface area contributed by atoms with Gasteiger partial charge < -0.3 is 29.2 Å². The summed E-state index contributed by atoms with van der Waals surface area (Å²) < 4.78 is 13.5. The number of aliphatic hydroxyl groups excluding tert-OH is 1. The van der Waals surface area contributed by atoms with Crippen molar-refractivity contribution in [1.82, 2.24) is 9.47 Å². The van der Waals surface area contributed by atoms with Crippen molar-refractivity contribution in [2.75, 3.05) is 31.7 Å². The number of benzene rings is 1. The van der Waals surface area contributed by atoms with Crippen LogP contribution in [0, 0.1) is 5.92 Å². The van der Waals surface area contributed by atoms with E-state index >= 15 is 0 Å². The molecule has 1 aromatic heterocycles. The van der Waals surface area contributed by atoms with Crippen molar-refractivity contribution >= 4 is 25.8 Å². The largest absolute Gasteiger partial charge is 0.491 e. The smallest absolute Gasteiger partial charge is 0.297 e. The van der Waals surface area contributed by atoms with Gasteiger partial charge in [-0.2, -0.15) is 0 Å². The first-order valence-electron chi connectivity index (χ1n) is 14.1. The van der Waals surface area contributed by atoms with Crippen LogP contribution < -0.4 is 15.2 Å². The molecule has 0 radical (unpaired) electrons. The highest BCUT2D eigenvalue weighted by atomic mass is 28.4. The Morgan fingerprint density at radius 1 is 1.29 bits per heavy atom. The first kappa shape index (κ1) is 29.2. The molecule has 2 aromatic rings. The van der Waals surface area contributed by atoms with Gasteiger partial charge in [0.25, 0.3) is 11.5 Å². The molecule has 4 heterocycles. The summed E-state index contributed by atoms with van der Waals surface area (Å²) in [5.41, 5.74) is -0.450. The molecule has 2 fully saturated rings. The van der Waals surface area contributed by atoms with E-state index in [1.54, 1.807) is 52.4 Å². The first-order chi connectivity index (χ1) is 19.5. The molecule has 41 heavy (non-hydrogen) atoms. The van der Waals surface area contributed by atoms with Crippen LogP contribution in [0.3, 0.4) is 0 Å². The van der Waals surface area contributed by atoms with Gasteiger partial charge in [0.2, 0.25) is 5.91 Å². The summed E-state index contributed by atoms with van der Waals surface area (Å²) in [7, 11) is -1.54. The van der Waals surface area contributed by atoms with Crippen molar-refractivity contribution in [3.05, 3.63) is 65.1 Å². The molecular weight excluding hydrogens is 542 g/mol. The highest BCUT2D eigenvalue weighted by molar-refractivity contribution is 6.71. The Balaban J connectivity index is 1.62. The Morgan fingerprint density at radius 3 is 2.71 bits per heavy atom. The van der Waals surface area contributed by atoms with Crippen molar-refractivity contribution in [3.63, 3.8) is 0 Å². The van der Waals surface area contributed by atoms with Crippen molar-refractivity contribution in [2.24, 2.45) is 5.92 Å². The van der Waals surface area contributed by atoms with E-state index in [2.05, 4.69) is 6.58 Å². The summed E-state index contributed by atoms with van der Waals surface area (Å²) in [5.74, 6) is -0.697. The van der Waals surface area contributed by atoms with Crippen molar-refractivity contribution in [2.45, 2.75) is 62.6 Å². The number of anilines is 1. The standard InChI is InChI=1S/C30H39N3O7Si/c1-6-13-33-23-12-11-20(32-15-8-10-24(39-3)28(32)36)16-22(23)30(29(33)37)19(2)27(41(4,5)38)25(40-30)17-26(35)31-14-7-9-21(31)18-34/h6,8,10-12,15-16,19,21,25,27,34,38H,1,7,9,13-14,17-18H2,2-5H3/t19-,21+,25+,27-,30+/m1/s1. The Morgan fingerprint density at radius 2 is 2.05 bits per heavy atom. The van der Waals surface area contributed by atoms with Gasteiger partial charge in [-0.25, -0.2) is 0 Å². The van der Waals surface area contributed by atoms with Crippen LogP contribution in [-0.2, 0) is 19.9 Å². The van der Waals surface area contributed by atoms with Gasteiger partial charge in [-0.3, -0.25) is 19.0 Å². The van der Waals surface area contributed by atoms with Crippen LogP contribution in [0.4, 0.5) is 5.69 Å². The summed E-state index contributed by atoms with van der Waals surface area (Å²) >= 11 is 0. The number of carbonyl (C=O) groups is 2. The second-order valence-corrected chi connectivity index (χ2v) is 15.8. The summed E-state index contributed by atoms with van der Waals surface area (Å²) in [4.78, 5) is 55.7. The minimum atomic E-state index is -2.97. The number of ether oxygens (including phenoxy) is 2. The number of fused-ring (bicyclic) bond motifs is 2. The molecule has 3 aliphatic heterocycles. The van der Waals surface area contributed by atoms with E-state index in [-0.39, 0.29) is 48.7 Å². The summed E-state index contributed by atoms with van der Waals surface area (Å²) in [6.45, 7) is 10.1. The maximum atomic E-state index is 14.3. The van der Waals surface area contributed by atoms with E-state index in [9.17, 15) is 24.3 Å². The molecule has 1 spiro atoms.